The molecule has 3 atom stereocenters. The third-order valence-electron chi connectivity index (χ3n) is 5.86. The van der Waals surface area contributed by atoms with Gasteiger partial charge in [0.2, 0.25) is 0 Å². The lowest BCUT2D eigenvalue weighted by atomic mass is 10.1. The largest absolute Gasteiger partial charge is 0.467 e. The maximum atomic E-state index is 12.0. The van der Waals surface area contributed by atoms with Crippen LogP contribution in [0.5, 0.6) is 0 Å². The van der Waals surface area contributed by atoms with Crippen molar-refractivity contribution in [2.45, 2.75) is 63.8 Å². The smallest absolute Gasteiger partial charge is 0.337 e. The Labute approximate surface area is 191 Å². The van der Waals surface area contributed by atoms with E-state index in [0.29, 0.717) is 0 Å². The van der Waals surface area contributed by atoms with Gasteiger partial charge >= 0.3 is 5.97 Å². The molecule has 3 rings (SSSR count). The minimum absolute atomic E-state index is 0.162. The fourth-order valence-corrected chi connectivity index (χ4v) is 9.05. The fraction of sp³-hybridized carbons (Fsp3) is 0.480. The van der Waals surface area contributed by atoms with Gasteiger partial charge in [0.25, 0.3) is 8.32 Å². The van der Waals surface area contributed by atoms with Crippen LogP contribution in [-0.4, -0.2) is 57.2 Å². The van der Waals surface area contributed by atoms with Crippen molar-refractivity contribution in [3.63, 3.8) is 0 Å². The van der Waals surface area contributed by atoms with Crippen LogP contribution in [0, 0.1) is 0 Å². The molecule has 6 nitrogen and oxygen atoms in total. The first-order chi connectivity index (χ1) is 15.0. The first-order valence-corrected chi connectivity index (χ1v) is 12.8. The van der Waals surface area contributed by atoms with Crippen molar-refractivity contribution in [3.8, 4) is 0 Å². The molecule has 1 aliphatic heterocycles. The van der Waals surface area contributed by atoms with Crippen LogP contribution in [0.4, 0.5) is 0 Å². The molecule has 1 N–H and O–H groups in total. The molecule has 1 fully saturated rings. The van der Waals surface area contributed by atoms with E-state index in [1.165, 1.54) is 7.11 Å². The van der Waals surface area contributed by atoms with Crippen molar-refractivity contribution in [3.05, 3.63) is 60.7 Å². The van der Waals surface area contributed by atoms with Gasteiger partial charge in [0.05, 0.1) is 13.7 Å². The highest BCUT2D eigenvalue weighted by Gasteiger charge is 2.53. The van der Waals surface area contributed by atoms with Crippen LogP contribution < -0.4 is 10.4 Å². The van der Waals surface area contributed by atoms with Gasteiger partial charge in [-0.05, 0) is 29.3 Å². The van der Waals surface area contributed by atoms with Crippen LogP contribution in [0.2, 0.25) is 5.04 Å². The Bertz CT molecular complexity index is 854. The molecule has 1 aliphatic rings. The molecule has 0 aliphatic carbocycles. The van der Waals surface area contributed by atoms with Crippen LogP contribution in [0.15, 0.2) is 60.7 Å². The first kappa shape index (κ1) is 24.6. The number of aliphatic hydroxyl groups excluding tert-OH is 1. The van der Waals surface area contributed by atoms with Gasteiger partial charge in [0, 0.05) is 0 Å². The third kappa shape index (κ3) is 4.82. The van der Waals surface area contributed by atoms with Gasteiger partial charge in [-0.1, -0.05) is 81.4 Å². The van der Waals surface area contributed by atoms with E-state index in [9.17, 15) is 9.90 Å². The third-order valence-corrected chi connectivity index (χ3v) is 10.9. The summed E-state index contributed by atoms with van der Waals surface area (Å²) in [6.45, 7) is 10.2. The normalized spacial score (nSPS) is 21.8. The minimum atomic E-state index is -2.80. The summed E-state index contributed by atoms with van der Waals surface area (Å²) >= 11 is 0. The number of ether oxygens (including phenoxy) is 3. The Morgan fingerprint density at radius 2 is 1.53 bits per heavy atom. The van der Waals surface area contributed by atoms with E-state index in [1.807, 2.05) is 36.4 Å². The van der Waals surface area contributed by atoms with Crippen LogP contribution >= 0.6 is 0 Å². The summed E-state index contributed by atoms with van der Waals surface area (Å²) in [6, 6.07) is 20.5. The number of aliphatic hydroxyl groups is 1. The molecule has 2 aromatic carbocycles. The predicted molar refractivity (Wildman–Crippen MR) is 125 cm³/mol. The number of hydrogen-bond acceptors (Lipinski definition) is 6. The summed E-state index contributed by atoms with van der Waals surface area (Å²) in [5.74, 6) is -1.72. The molecule has 0 unspecified atom stereocenters. The maximum Gasteiger partial charge on any atom is 0.337 e. The first-order valence-electron chi connectivity index (χ1n) is 10.9. The molecule has 2 aromatic rings. The maximum absolute atomic E-state index is 12.0. The average Bonchev–Trinajstić information content (AvgIpc) is 3.08. The van der Waals surface area contributed by atoms with Crippen molar-refractivity contribution in [2.75, 3.05) is 13.7 Å². The molecule has 0 amide bonds. The monoisotopic (exact) mass is 458 g/mol. The number of carbonyl (C=O) groups excluding carboxylic acids is 1. The summed E-state index contributed by atoms with van der Waals surface area (Å²) in [7, 11) is -1.56. The summed E-state index contributed by atoms with van der Waals surface area (Å²) in [6.07, 6.45) is -2.99. The van der Waals surface area contributed by atoms with Gasteiger partial charge in [-0.3, -0.25) is 0 Å². The fourth-order valence-electron chi connectivity index (χ4n) is 4.48. The van der Waals surface area contributed by atoms with E-state index in [1.54, 1.807) is 13.8 Å². The van der Waals surface area contributed by atoms with Crippen molar-refractivity contribution >= 4 is 24.7 Å². The van der Waals surface area contributed by atoms with Crippen molar-refractivity contribution < 1.29 is 28.5 Å². The van der Waals surface area contributed by atoms with Crippen molar-refractivity contribution in [1.82, 2.24) is 0 Å². The number of methoxy groups -OCH3 is 1. The number of hydrogen-bond donors (Lipinski definition) is 1. The lowest BCUT2D eigenvalue weighted by Gasteiger charge is -2.43. The SMILES string of the molecule is COC(=O)[C@H](O)[C@@H]1OC(C)(C)O[C@H]1CO[Si](c1ccccc1)(c1ccccc1)C(C)(C)C. The number of carbonyl (C=O) groups is 1. The Kier molecular flexibility index (Phi) is 7.27. The van der Waals surface area contributed by atoms with Crippen LogP contribution in [-0.2, 0) is 23.4 Å². The number of benzene rings is 2. The van der Waals surface area contributed by atoms with Crippen LogP contribution in [0.25, 0.3) is 0 Å². The Hall–Kier alpha value is -2.03. The number of esters is 1. The summed E-state index contributed by atoms with van der Waals surface area (Å²) in [4.78, 5) is 12.0. The molecule has 0 bridgehead atoms. The second-order valence-electron chi connectivity index (χ2n) is 9.58. The molecule has 174 valence electrons. The molecule has 1 heterocycles. The average molecular weight is 459 g/mol. The Morgan fingerprint density at radius 3 is 1.97 bits per heavy atom. The molecule has 0 aromatic heterocycles. The molecule has 1 saturated heterocycles. The van der Waals surface area contributed by atoms with E-state index >= 15 is 0 Å². The van der Waals surface area contributed by atoms with E-state index in [-0.39, 0.29) is 11.6 Å². The highest BCUT2D eigenvalue weighted by molar-refractivity contribution is 6.99. The molecule has 0 saturated carbocycles. The predicted octanol–water partition coefficient (Wildman–Crippen LogP) is 2.62. The molecule has 32 heavy (non-hydrogen) atoms. The molecule has 0 radical (unpaired) electrons. The van der Waals surface area contributed by atoms with Crippen molar-refractivity contribution in [2.24, 2.45) is 0 Å². The highest BCUT2D eigenvalue weighted by atomic mass is 28.4. The van der Waals surface area contributed by atoms with Gasteiger partial charge in [-0.15, -0.1) is 0 Å². The molecular weight excluding hydrogens is 424 g/mol. The second-order valence-corrected chi connectivity index (χ2v) is 13.9. The van der Waals surface area contributed by atoms with E-state index in [0.717, 1.165) is 10.4 Å². The summed E-state index contributed by atoms with van der Waals surface area (Å²) in [5.41, 5.74) is 0. The lowest BCUT2D eigenvalue weighted by Crippen LogP contribution is -2.67. The summed E-state index contributed by atoms with van der Waals surface area (Å²) in [5, 5.41) is 12.6. The van der Waals surface area contributed by atoms with E-state index < -0.39 is 38.4 Å². The Balaban J connectivity index is 2.01. The lowest BCUT2D eigenvalue weighted by molar-refractivity contribution is -0.171. The zero-order chi connectivity index (χ0) is 23.6. The standard InChI is InChI=1S/C25H34O6Si/c1-24(2,3)32(18-13-9-7-10-14-18,19-15-11-8-12-16-19)29-17-20-22(21(26)23(27)28-6)31-25(4,5)30-20/h7-16,20-22,26H,17H2,1-6H3/t20-,21+,22+/m0/s1. The molecular formula is C25H34O6Si. The second kappa shape index (κ2) is 9.45. The zero-order valence-electron chi connectivity index (χ0n) is 19.7. The molecule has 7 heteroatoms. The Morgan fingerprint density at radius 1 is 1.03 bits per heavy atom. The quantitative estimate of drug-likeness (QED) is 0.508. The summed E-state index contributed by atoms with van der Waals surface area (Å²) < 4.78 is 23.6. The topological polar surface area (TPSA) is 74.2 Å². The van der Waals surface area contributed by atoms with E-state index in [2.05, 4.69) is 45.0 Å². The van der Waals surface area contributed by atoms with Gasteiger partial charge < -0.3 is 23.7 Å². The van der Waals surface area contributed by atoms with Gasteiger partial charge in [-0.25, -0.2) is 4.79 Å². The van der Waals surface area contributed by atoms with Crippen molar-refractivity contribution in [1.29, 1.82) is 0 Å². The van der Waals surface area contributed by atoms with Gasteiger partial charge in [0.1, 0.15) is 12.2 Å². The van der Waals surface area contributed by atoms with E-state index in [4.69, 9.17) is 18.6 Å². The van der Waals surface area contributed by atoms with Gasteiger partial charge in [0.15, 0.2) is 11.9 Å². The van der Waals surface area contributed by atoms with Crippen LogP contribution in [0.1, 0.15) is 34.6 Å². The zero-order valence-corrected chi connectivity index (χ0v) is 20.7. The highest BCUT2D eigenvalue weighted by Crippen LogP contribution is 2.38. The van der Waals surface area contributed by atoms with Crippen LogP contribution in [0.3, 0.4) is 0 Å². The van der Waals surface area contributed by atoms with Gasteiger partial charge in [-0.2, -0.15) is 0 Å². The minimum Gasteiger partial charge on any atom is -0.467 e. The number of rotatable bonds is 7. The molecule has 0 spiro atoms.